The molecule has 0 fully saturated rings. The molecule has 0 bridgehead atoms. The van der Waals surface area contributed by atoms with Crippen LogP contribution in [0.15, 0.2) is 22.0 Å². The molecule has 0 unspecified atom stereocenters. The Morgan fingerprint density at radius 3 is 2.53 bits per heavy atom. The van der Waals surface area contributed by atoms with E-state index in [2.05, 4.69) is 31.2 Å². The molecule has 0 saturated heterocycles. The van der Waals surface area contributed by atoms with Gasteiger partial charge >= 0.3 is 0 Å². The molecule has 1 amide bonds. The third kappa shape index (κ3) is 2.70. The van der Waals surface area contributed by atoms with Crippen molar-refractivity contribution in [1.82, 2.24) is 9.97 Å². The zero-order chi connectivity index (χ0) is 12.4. The molecular weight excluding hydrogens is 302 g/mol. The zero-order valence-corrected chi connectivity index (χ0v) is 11.7. The van der Waals surface area contributed by atoms with E-state index in [1.165, 1.54) is 11.3 Å². The van der Waals surface area contributed by atoms with E-state index in [0.29, 0.717) is 10.8 Å². The molecule has 0 aliphatic rings. The minimum Gasteiger partial charge on any atom is -0.290 e. The van der Waals surface area contributed by atoms with Crippen molar-refractivity contribution in [3.8, 4) is 0 Å². The number of amides is 1. The molecule has 1 N–H and O–H groups in total. The lowest BCUT2D eigenvalue weighted by molar-refractivity contribution is 0.102. The second kappa shape index (κ2) is 4.93. The molecule has 0 aromatic carbocycles. The standard InChI is InChI=1S/C11H10BrN3OS/c1-6-9(12)7(2)14-11(13-6)15-10(16)8-4-3-5-17-8/h3-5H,1-2H3,(H,13,14,15,16). The van der Waals surface area contributed by atoms with E-state index < -0.39 is 0 Å². The molecule has 0 saturated carbocycles. The van der Waals surface area contributed by atoms with Crippen molar-refractivity contribution in [1.29, 1.82) is 0 Å². The van der Waals surface area contributed by atoms with Gasteiger partial charge in [-0.1, -0.05) is 6.07 Å². The van der Waals surface area contributed by atoms with Gasteiger partial charge in [0.15, 0.2) is 0 Å². The van der Waals surface area contributed by atoms with Gasteiger partial charge in [0, 0.05) is 0 Å². The maximum atomic E-state index is 11.8. The summed E-state index contributed by atoms with van der Waals surface area (Å²) in [6, 6.07) is 3.59. The summed E-state index contributed by atoms with van der Waals surface area (Å²) in [6.07, 6.45) is 0. The molecule has 0 atom stereocenters. The number of aromatic nitrogens is 2. The lowest BCUT2D eigenvalue weighted by Gasteiger charge is -2.06. The van der Waals surface area contributed by atoms with E-state index in [0.717, 1.165) is 15.9 Å². The number of anilines is 1. The maximum Gasteiger partial charge on any atom is 0.268 e. The van der Waals surface area contributed by atoms with Crippen LogP contribution in [-0.2, 0) is 0 Å². The van der Waals surface area contributed by atoms with Crippen LogP contribution in [0.4, 0.5) is 5.95 Å². The highest BCUT2D eigenvalue weighted by Crippen LogP contribution is 2.19. The lowest BCUT2D eigenvalue weighted by atomic mass is 10.3. The lowest BCUT2D eigenvalue weighted by Crippen LogP contribution is -2.13. The molecule has 2 rings (SSSR count). The average molecular weight is 312 g/mol. The highest BCUT2D eigenvalue weighted by atomic mass is 79.9. The average Bonchev–Trinajstić information content (AvgIpc) is 2.79. The van der Waals surface area contributed by atoms with Gasteiger partial charge in [-0.3, -0.25) is 10.1 Å². The Morgan fingerprint density at radius 1 is 1.35 bits per heavy atom. The number of rotatable bonds is 2. The van der Waals surface area contributed by atoms with E-state index in [9.17, 15) is 4.79 Å². The van der Waals surface area contributed by atoms with Crippen molar-refractivity contribution in [3.63, 3.8) is 0 Å². The zero-order valence-electron chi connectivity index (χ0n) is 9.32. The van der Waals surface area contributed by atoms with E-state index in [1.54, 1.807) is 6.07 Å². The van der Waals surface area contributed by atoms with E-state index in [-0.39, 0.29) is 5.91 Å². The van der Waals surface area contributed by atoms with Gasteiger partial charge in [0.1, 0.15) is 0 Å². The molecule has 0 aliphatic carbocycles. The summed E-state index contributed by atoms with van der Waals surface area (Å²) in [4.78, 5) is 20.8. The van der Waals surface area contributed by atoms with Gasteiger partial charge in [-0.25, -0.2) is 9.97 Å². The van der Waals surface area contributed by atoms with Crippen molar-refractivity contribution >= 4 is 39.1 Å². The van der Waals surface area contributed by atoms with Gasteiger partial charge < -0.3 is 0 Å². The minimum atomic E-state index is -0.180. The van der Waals surface area contributed by atoms with E-state index in [4.69, 9.17) is 0 Å². The van der Waals surface area contributed by atoms with Gasteiger partial charge in [0.05, 0.1) is 20.7 Å². The third-order valence-electron chi connectivity index (χ3n) is 2.15. The van der Waals surface area contributed by atoms with Crippen LogP contribution in [0.2, 0.25) is 0 Å². The second-order valence-electron chi connectivity index (χ2n) is 3.46. The van der Waals surface area contributed by atoms with Crippen molar-refractivity contribution < 1.29 is 4.79 Å². The molecule has 0 aliphatic heterocycles. The summed E-state index contributed by atoms with van der Waals surface area (Å²) in [5.41, 5.74) is 1.61. The normalized spacial score (nSPS) is 10.3. The number of carbonyl (C=O) groups is 1. The van der Waals surface area contributed by atoms with Crippen LogP contribution in [0.3, 0.4) is 0 Å². The first-order chi connectivity index (χ1) is 8.08. The van der Waals surface area contributed by atoms with Gasteiger partial charge in [0.2, 0.25) is 5.95 Å². The SMILES string of the molecule is Cc1nc(NC(=O)c2cccs2)nc(C)c1Br. The molecule has 2 aromatic rings. The minimum absolute atomic E-state index is 0.180. The van der Waals surface area contributed by atoms with Crippen molar-refractivity contribution in [2.45, 2.75) is 13.8 Å². The number of nitrogens with zero attached hydrogens (tertiary/aromatic N) is 2. The predicted octanol–water partition coefficient (Wildman–Crippen LogP) is 3.17. The van der Waals surface area contributed by atoms with Crippen LogP contribution < -0.4 is 5.32 Å². The molecule has 2 aromatic heterocycles. The van der Waals surface area contributed by atoms with Crippen LogP contribution >= 0.6 is 27.3 Å². The number of aryl methyl sites for hydroxylation is 2. The Bertz CT molecular complexity index is 531. The van der Waals surface area contributed by atoms with Crippen LogP contribution in [0.5, 0.6) is 0 Å². The Kier molecular flexibility index (Phi) is 3.54. The summed E-state index contributed by atoms with van der Waals surface area (Å²) < 4.78 is 0.867. The fourth-order valence-electron chi connectivity index (χ4n) is 1.33. The number of hydrogen-bond donors (Lipinski definition) is 1. The van der Waals surface area contributed by atoms with E-state index in [1.807, 2.05) is 25.3 Å². The molecule has 6 heteroatoms. The van der Waals surface area contributed by atoms with Gasteiger partial charge in [-0.2, -0.15) is 0 Å². The largest absolute Gasteiger partial charge is 0.290 e. The molecular formula is C11H10BrN3OS. The summed E-state index contributed by atoms with van der Waals surface area (Å²) in [5.74, 6) is 0.155. The van der Waals surface area contributed by atoms with Gasteiger partial charge in [-0.15, -0.1) is 11.3 Å². The Morgan fingerprint density at radius 2 is 2.00 bits per heavy atom. The van der Waals surface area contributed by atoms with Crippen molar-refractivity contribution in [2.75, 3.05) is 5.32 Å². The van der Waals surface area contributed by atoms with Gasteiger partial charge in [0.25, 0.3) is 5.91 Å². The molecule has 2 heterocycles. The van der Waals surface area contributed by atoms with Crippen LogP contribution in [0, 0.1) is 13.8 Å². The van der Waals surface area contributed by atoms with E-state index >= 15 is 0 Å². The smallest absolute Gasteiger partial charge is 0.268 e. The summed E-state index contributed by atoms with van der Waals surface area (Å²) in [7, 11) is 0. The van der Waals surface area contributed by atoms with Crippen LogP contribution in [-0.4, -0.2) is 15.9 Å². The first-order valence-electron chi connectivity index (χ1n) is 4.93. The first-order valence-corrected chi connectivity index (χ1v) is 6.61. The number of carbonyl (C=O) groups excluding carboxylic acids is 1. The first kappa shape index (κ1) is 12.2. The summed E-state index contributed by atoms with van der Waals surface area (Å²) >= 11 is 4.77. The molecule has 0 spiro atoms. The highest BCUT2D eigenvalue weighted by Gasteiger charge is 2.11. The Balaban J connectivity index is 2.22. The maximum absolute atomic E-state index is 11.8. The third-order valence-corrected chi connectivity index (χ3v) is 4.17. The Labute approximate surface area is 111 Å². The van der Waals surface area contributed by atoms with Crippen LogP contribution in [0.1, 0.15) is 21.1 Å². The Hall–Kier alpha value is -1.27. The molecule has 88 valence electrons. The van der Waals surface area contributed by atoms with Crippen LogP contribution in [0.25, 0.3) is 0 Å². The number of hydrogen-bond acceptors (Lipinski definition) is 4. The quantitative estimate of drug-likeness (QED) is 0.926. The molecule has 4 nitrogen and oxygen atoms in total. The molecule has 0 radical (unpaired) electrons. The summed E-state index contributed by atoms with van der Waals surface area (Å²) in [5, 5.41) is 4.54. The number of thiophene rings is 1. The topological polar surface area (TPSA) is 54.9 Å². The number of halogens is 1. The van der Waals surface area contributed by atoms with Crippen molar-refractivity contribution in [2.24, 2.45) is 0 Å². The number of nitrogens with one attached hydrogen (secondary N) is 1. The van der Waals surface area contributed by atoms with Crippen molar-refractivity contribution in [3.05, 3.63) is 38.3 Å². The fourth-order valence-corrected chi connectivity index (χ4v) is 2.13. The van der Waals surface area contributed by atoms with Gasteiger partial charge in [-0.05, 0) is 41.2 Å². The molecule has 17 heavy (non-hydrogen) atoms. The predicted molar refractivity (Wildman–Crippen MR) is 71.5 cm³/mol. The highest BCUT2D eigenvalue weighted by molar-refractivity contribution is 9.10. The monoisotopic (exact) mass is 311 g/mol. The second-order valence-corrected chi connectivity index (χ2v) is 5.20. The summed E-state index contributed by atoms with van der Waals surface area (Å²) in [6.45, 7) is 3.72. The fraction of sp³-hybridized carbons (Fsp3) is 0.182.